The number of hydrogen-bond acceptors (Lipinski definition) is 3. The van der Waals surface area contributed by atoms with Crippen molar-refractivity contribution in [3.8, 4) is 0 Å². The van der Waals surface area contributed by atoms with E-state index >= 15 is 0 Å². The van der Waals surface area contributed by atoms with Gasteiger partial charge in [0.05, 0.1) is 27.3 Å². The summed E-state index contributed by atoms with van der Waals surface area (Å²) in [6.45, 7) is 8.75. The van der Waals surface area contributed by atoms with Crippen molar-refractivity contribution in [1.29, 1.82) is 0 Å². The van der Waals surface area contributed by atoms with Crippen molar-refractivity contribution in [2.75, 3.05) is 6.61 Å². The minimum absolute atomic E-state index is 0.0215. The zero-order chi connectivity index (χ0) is 18.2. The molecule has 0 spiro atoms. The highest BCUT2D eigenvalue weighted by atomic mass is 32.2. The van der Waals surface area contributed by atoms with Gasteiger partial charge in [0.25, 0.3) is 0 Å². The van der Waals surface area contributed by atoms with Crippen LogP contribution in [0.2, 0.25) is 0 Å². The number of benzene rings is 2. The first-order chi connectivity index (χ1) is 11.8. The van der Waals surface area contributed by atoms with Gasteiger partial charge in [0.2, 0.25) is 5.90 Å². The Morgan fingerprint density at radius 3 is 2.44 bits per heavy atom. The Kier molecular flexibility index (Phi) is 4.78. The first-order valence-corrected chi connectivity index (χ1v) is 9.39. The molecular weight excluding hydrogens is 337 g/mol. The number of nitrogens with zero attached hydrogens (tertiary/aromatic N) is 1. The van der Waals surface area contributed by atoms with E-state index in [1.165, 1.54) is 12.1 Å². The van der Waals surface area contributed by atoms with Crippen LogP contribution in [0.25, 0.3) is 0 Å². The van der Waals surface area contributed by atoms with Crippen LogP contribution in [0.1, 0.15) is 31.9 Å². The predicted octanol–water partition coefficient (Wildman–Crippen LogP) is 4.49. The molecule has 1 aliphatic rings. The summed E-state index contributed by atoms with van der Waals surface area (Å²) in [7, 11) is -1.51. The van der Waals surface area contributed by atoms with Crippen LogP contribution in [-0.4, -0.2) is 22.8 Å². The lowest BCUT2D eigenvalue weighted by molar-refractivity contribution is 0.235. The third kappa shape index (κ3) is 3.82. The van der Waals surface area contributed by atoms with E-state index in [0.717, 1.165) is 5.56 Å². The minimum Gasteiger partial charge on any atom is -0.475 e. The molecule has 2 atom stereocenters. The van der Waals surface area contributed by atoms with Crippen molar-refractivity contribution in [2.24, 2.45) is 10.4 Å². The molecular formula is C20H22FNO2S. The van der Waals surface area contributed by atoms with Gasteiger partial charge < -0.3 is 4.74 Å². The topological polar surface area (TPSA) is 38.7 Å². The maximum atomic E-state index is 13.8. The summed E-state index contributed by atoms with van der Waals surface area (Å²) in [5.74, 6) is 0.0144. The van der Waals surface area contributed by atoms with Gasteiger partial charge in [-0.3, -0.25) is 0 Å². The zero-order valence-corrected chi connectivity index (χ0v) is 15.7. The Balaban J connectivity index is 2.02. The van der Waals surface area contributed by atoms with Crippen LogP contribution in [0, 0.1) is 18.2 Å². The van der Waals surface area contributed by atoms with Gasteiger partial charge in [-0.15, -0.1) is 0 Å². The summed E-state index contributed by atoms with van der Waals surface area (Å²) in [4.78, 5) is 5.66. The molecule has 0 amide bonds. The van der Waals surface area contributed by atoms with Crippen LogP contribution >= 0.6 is 0 Å². The van der Waals surface area contributed by atoms with Crippen molar-refractivity contribution in [2.45, 2.75) is 43.5 Å². The molecule has 0 aliphatic carbocycles. The smallest absolute Gasteiger partial charge is 0.217 e. The van der Waals surface area contributed by atoms with Crippen LogP contribution in [0.4, 0.5) is 4.39 Å². The Hall–Kier alpha value is -2.01. The average Bonchev–Trinajstić information content (AvgIpc) is 3.05. The monoisotopic (exact) mass is 359 g/mol. The van der Waals surface area contributed by atoms with E-state index in [9.17, 15) is 8.60 Å². The van der Waals surface area contributed by atoms with Crippen LogP contribution < -0.4 is 0 Å². The van der Waals surface area contributed by atoms with Gasteiger partial charge in [-0.05, 0) is 42.7 Å². The SMILES string of the molecule is Cc1ccc(S(=O)c2cc(F)ccc2C2=N[C@@H](C(C)(C)C)CO2)cc1. The molecule has 3 rings (SSSR count). The van der Waals surface area contributed by atoms with Crippen molar-refractivity contribution < 1.29 is 13.3 Å². The molecule has 1 aliphatic heterocycles. The number of ether oxygens (including phenoxy) is 1. The molecule has 0 saturated heterocycles. The maximum absolute atomic E-state index is 13.8. The normalized spacial score (nSPS) is 18.6. The fraction of sp³-hybridized carbons (Fsp3) is 0.350. The molecule has 0 bridgehead atoms. The number of hydrogen-bond donors (Lipinski definition) is 0. The second-order valence-corrected chi connectivity index (χ2v) is 8.80. The highest BCUT2D eigenvalue weighted by Crippen LogP contribution is 2.30. The van der Waals surface area contributed by atoms with E-state index < -0.39 is 16.6 Å². The standard InChI is InChI=1S/C20H22FNO2S/c1-13-5-8-15(9-6-13)25(23)17-11-14(21)7-10-16(17)19-22-18(12-24-19)20(2,3)4/h5-11,18H,12H2,1-4H3/t18-,25?/m1/s1. The van der Waals surface area contributed by atoms with E-state index in [2.05, 4.69) is 25.8 Å². The number of halogens is 1. The third-order valence-corrected chi connectivity index (χ3v) is 5.70. The summed E-state index contributed by atoms with van der Waals surface area (Å²) < 4.78 is 32.6. The number of rotatable bonds is 3. The average molecular weight is 359 g/mol. The first-order valence-electron chi connectivity index (χ1n) is 8.24. The van der Waals surface area contributed by atoms with Gasteiger partial charge in [0.15, 0.2) is 0 Å². The van der Waals surface area contributed by atoms with Crippen molar-refractivity contribution >= 4 is 16.7 Å². The maximum Gasteiger partial charge on any atom is 0.217 e. The van der Waals surface area contributed by atoms with Crippen LogP contribution in [0.15, 0.2) is 57.2 Å². The van der Waals surface area contributed by atoms with E-state index in [0.29, 0.717) is 27.9 Å². The Morgan fingerprint density at radius 1 is 1.16 bits per heavy atom. The van der Waals surface area contributed by atoms with E-state index in [1.54, 1.807) is 18.2 Å². The molecule has 3 nitrogen and oxygen atoms in total. The molecule has 1 heterocycles. The van der Waals surface area contributed by atoms with Crippen LogP contribution in [0.3, 0.4) is 0 Å². The van der Waals surface area contributed by atoms with Crippen LogP contribution in [-0.2, 0) is 15.5 Å². The van der Waals surface area contributed by atoms with E-state index in [-0.39, 0.29) is 11.5 Å². The number of aryl methyl sites for hydroxylation is 1. The summed E-state index contributed by atoms with van der Waals surface area (Å²) in [5, 5.41) is 0. The second-order valence-electron chi connectivity index (χ2n) is 7.35. The summed E-state index contributed by atoms with van der Waals surface area (Å²) in [6, 6.07) is 11.7. The Morgan fingerprint density at radius 2 is 1.84 bits per heavy atom. The van der Waals surface area contributed by atoms with Gasteiger partial charge in [0, 0.05) is 4.90 Å². The quantitative estimate of drug-likeness (QED) is 0.810. The molecule has 5 heteroatoms. The molecule has 2 aromatic rings. The molecule has 0 saturated carbocycles. The molecule has 25 heavy (non-hydrogen) atoms. The van der Waals surface area contributed by atoms with Gasteiger partial charge in [-0.25, -0.2) is 13.6 Å². The third-order valence-electron chi connectivity index (χ3n) is 4.26. The zero-order valence-electron chi connectivity index (χ0n) is 14.9. The molecule has 132 valence electrons. The largest absolute Gasteiger partial charge is 0.475 e. The summed E-state index contributed by atoms with van der Waals surface area (Å²) in [5.41, 5.74) is 1.64. The van der Waals surface area contributed by atoms with Crippen molar-refractivity contribution in [1.82, 2.24) is 0 Å². The summed E-state index contributed by atoms with van der Waals surface area (Å²) >= 11 is 0. The highest BCUT2D eigenvalue weighted by Gasteiger charge is 2.32. The lowest BCUT2D eigenvalue weighted by atomic mass is 9.88. The van der Waals surface area contributed by atoms with E-state index in [4.69, 9.17) is 4.74 Å². The van der Waals surface area contributed by atoms with Crippen molar-refractivity contribution in [3.63, 3.8) is 0 Å². The lowest BCUT2D eigenvalue weighted by Crippen LogP contribution is -2.25. The Labute approximate surface area is 150 Å². The molecule has 1 unspecified atom stereocenters. The van der Waals surface area contributed by atoms with Gasteiger partial charge in [-0.2, -0.15) is 0 Å². The second kappa shape index (κ2) is 6.71. The number of aliphatic imine (C=N–C) groups is 1. The fourth-order valence-electron chi connectivity index (χ4n) is 2.58. The molecule has 0 radical (unpaired) electrons. The van der Waals surface area contributed by atoms with Gasteiger partial charge in [-0.1, -0.05) is 38.5 Å². The molecule has 2 aromatic carbocycles. The van der Waals surface area contributed by atoms with Gasteiger partial charge >= 0.3 is 0 Å². The first kappa shape index (κ1) is 17.8. The van der Waals surface area contributed by atoms with Crippen molar-refractivity contribution in [3.05, 3.63) is 59.4 Å². The highest BCUT2D eigenvalue weighted by molar-refractivity contribution is 7.85. The molecule has 0 fully saturated rings. The minimum atomic E-state index is -1.51. The van der Waals surface area contributed by atoms with Crippen LogP contribution in [0.5, 0.6) is 0 Å². The van der Waals surface area contributed by atoms with Gasteiger partial charge in [0.1, 0.15) is 12.4 Å². The molecule has 0 N–H and O–H groups in total. The lowest BCUT2D eigenvalue weighted by Gasteiger charge is -2.21. The Bertz CT molecular complexity index is 838. The molecule has 0 aromatic heterocycles. The summed E-state index contributed by atoms with van der Waals surface area (Å²) in [6.07, 6.45) is 0. The fourth-order valence-corrected chi connectivity index (χ4v) is 3.79. The van der Waals surface area contributed by atoms with E-state index in [1.807, 2.05) is 19.1 Å². The predicted molar refractivity (Wildman–Crippen MR) is 98.0 cm³/mol.